The number of nitrogens with zero attached hydrogens (tertiary/aromatic N) is 5. The molecule has 0 bridgehead atoms. The molecule has 1 aliphatic heterocycles. The molecule has 1 saturated heterocycles. The predicted octanol–water partition coefficient (Wildman–Crippen LogP) is 2.19. The second-order valence-electron chi connectivity index (χ2n) is 6.55. The Kier molecular flexibility index (Phi) is 3.88. The average molecular weight is 348 g/mol. The molecule has 1 aromatic carbocycles. The molecule has 0 amide bonds. The van der Waals surface area contributed by atoms with Crippen LogP contribution < -0.4 is 0 Å². The van der Waals surface area contributed by atoms with E-state index in [1.165, 1.54) is 0 Å². The monoisotopic (exact) mass is 348 g/mol. The summed E-state index contributed by atoms with van der Waals surface area (Å²) in [7, 11) is 0. The fourth-order valence-corrected chi connectivity index (χ4v) is 3.48. The summed E-state index contributed by atoms with van der Waals surface area (Å²) < 4.78 is 7.63. The van der Waals surface area contributed by atoms with E-state index in [4.69, 9.17) is 14.7 Å². The van der Waals surface area contributed by atoms with E-state index in [0.29, 0.717) is 6.54 Å². The van der Waals surface area contributed by atoms with Crippen LogP contribution in [-0.4, -0.2) is 55.7 Å². The van der Waals surface area contributed by atoms with Crippen LogP contribution in [0.2, 0.25) is 0 Å². The maximum Gasteiger partial charge on any atom is 0.160 e. The topological polar surface area (TPSA) is 71.9 Å². The summed E-state index contributed by atoms with van der Waals surface area (Å²) in [5.41, 5.74) is 3.85. The van der Waals surface area contributed by atoms with Crippen LogP contribution in [0.4, 0.5) is 0 Å². The fourth-order valence-electron chi connectivity index (χ4n) is 3.48. The standard InChI is InChI=1S/C19H20N6O/c1-2-5-15-14(4-1)21-17(22-15)12-25-18(13-24-8-10-26-11-9-24)23-16-6-3-7-20-19(16)25/h1-7H,8-13H2,(H,21,22). The van der Waals surface area contributed by atoms with E-state index in [1.807, 2.05) is 42.6 Å². The van der Waals surface area contributed by atoms with Crippen LogP contribution in [0.1, 0.15) is 11.6 Å². The average Bonchev–Trinajstić information content (AvgIpc) is 3.24. The molecule has 0 aliphatic carbocycles. The molecule has 1 N–H and O–H groups in total. The van der Waals surface area contributed by atoms with Gasteiger partial charge in [0, 0.05) is 19.3 Å². The molecule has 4 aromatic rings. The molecule has 4 heterocycles. The van der Waals surface area contributed by atoms with E-state index in [2.05, 4.69) is 19.4 Å². The molecule has 7 heteroatoms. The molecule has 0 saturated carbocycles. The van der Waals surface area contributed by atoms with Crippen molar-refractivity contribution >= 4 is 22.2 Å². The van der Waals surface area contributed by atoms with Crippen LogP contribution in [0.15, 0.2) is 42.6 Å². The Morgan fingerprint density at radius 1 is 0.962 bits per heavy atom. The van der Waals surface area contributed by atoms with Crippen LogP contribution in [0, 0.1) is 0 Å². The Balaban J connectivity index is 1.52. The molecule has 132 valence electrons. The lowest BCUT2D eigenvalue weighted by Crippen LogP contribution is -2.36. The zero-order chi connectivity index (χ0) is 17.3. The summed E-state index contributed by atoms with van der Waals surface area (Å²) in [6, 6.07) is 12.0. The lowest BCUT2D eigenvalue weighted by Gasteiger charge is -2.26. The highest BCUT2D eigenvalue weighted by atomic mass is 16.5. The van der Waals surface area contributed by atoms with Gasteiger partial charge in [0.05, 0.1) is 37.3 Å². The highest BCUT2D eigenvalue weighted by Crippen LogP contribution is 2.18. The summed E-state index contributed by atoms with van der Waals surface area (Å²) in [6.45, 7) is 4.84. The van der Waals surface area contributed by atoms with Crippen molar-refractivity contribution in [3.8, 4) is 0 Å². The van der Waals surface area contributed by atoms with Gasteiger partial charge >= 0.3 is 0 Å². The smallest absolute Gasteiger partial charge is 0.160 e. The summed E-state index contributed by atoms with van der Waals surface area (Å²) in [4.78, 5) is 19.9. The highest BCUT2D eigenvalue weighted by molar-refractivity contribution is 5.75. The van der Waals surface area contributed by atoms with Crippen LogP contribution in [-0.2, 0) is 17.8 Å². The first-order valence-electron chi connectivity index (χ1n) is 8.91. The maximum atomic E-state index is 5.46. The minimum Gasteiger partial charge on any atom is -0.379 e. The highest BCUT2D eigenvalue weighted by Gasteiger charge is 2.18. The van der Waals surface area contributed by atoms with Gasteiger partial charge in [-0.25, -0.2) is 15.0 Å². The lowest BCUT2D eigenvalue weighted by molar-refractivity contribution is 0.0327. The van der Waals surface area contributed by atoms with Gasteiger partial charge in [0.15, 0.2) is 5.65 Å². The lowest BCUT2D eigenvalue weighted by atomic mass is 10.3. The van der Waals surface area contributed by atoms with Gasteiger partial charge in [-0.15, -0.1) is 0 Å². The van der Waals surface area contributed by atoms with Crippen LogP contribution in [0.5, 0.6) is 0 Å². The van der Waals surface area contributed by atoms with E-state index in [9.17, 15) is 0 Å². The number of nitrogens with one attached hydrogen (secondary N) is 1. The third-order valence-corrected chi connectivity index (χ3v) is 4.80. The van der Waals surface area contributed by atoms with Gasteiger partial charge in [0.2, 0.25) is 0 Å². The van der Waals surface area contributed by atoms with E-state index in [0.717, 1.165) is 66.7 Å². The van der Waals surface area contributed by atoms with Crippen molar-refractivity contribution < 1.29 is 4.74 Å². The Labute approximate surface area is 150 Å². The van der Waals surface area contributed by atoms with Crippen molar-refractivity contribution in [1.82, 2.24) is 29.4 Å². The Morgan fingerprint density at radius 2 is 1.81 bits per heavy atom. The molecule has 7 nitrogen and oxygen atoms in total. The summed E-state index contributed by atoms with van der Waals surface area (Å²) in [6.07, 6.45) is 1.82. The minimum atomic E-state index is 0.627. The number of rotatable bonds is 4. The Morgan fingerprint density at radius 3 is 2.69 bits per heavy atom. The number of benzene rings is 1. The van der Waals surface area contributed by atoms with Crippen molar-refractivity contribution in [2.45, 2.75) is 13.1 Å². The number of para-hydroxylation sites is 2. The molecule has 1 fully saturated rings. The Bertz CT molecular complexity index is 1010. The third-order valence-electron chi connectivity index (χ3n) is 4.80. The van der Waals surface area contributed by atoms with Crippen molar-refractivity contribution in [1.29, 1.82) is 0 Å². The van der Waals surface area contributed by atoms with Gasteiger partial charge in [0.1, 0.15) is 17.2 Å². The summed E-state index contributed by atoms with van der Waals surface area (Å²) in [5.74, 6) is 1.93. The number of morpholine rings is 1. The van der Waals surface area contributed by atoms with Gasteiger partial charge in [-0.3, -0.25) is 4.90 Å². The molecule has 0 spiro atoms. The number of aromatic nitrogens is 5. The summed E-state index contributed by atoms with van der Waals surface area (Å²) >= 11 is 0. The van der Waals surface area contributed by atoms with E-state index < -0.39 is 0 Å². The van der Waals surface area contributed by atoms with Crippen molar-refractivity contribution in [2.75, 3.05) is 26.3 Å². The number of aromatic amines is 1. The number of hydrogen-bond acceptors (Lipinski definition) is 5. The van der Waals surface area contributed by atoms with Gasteiger partial charge in [-0.2, -0.15) is 0 Å². The number of ether oxygens (including phenoxy) is 1. The van der Waals surface area contributed by atoms with E-state index in [1.54, 1.807) is 0 Å². The first kappa shape index (κ1) is 15.5. The zero-order valence-corrected chi connectivity index (χ0v) is 14.4. The molecule has 1 aliphatic rings. The minimum absolute atomic E-state index is 0.627. The SMILES string of the molecule is c1ccc2[nH]c(Cn3c(CN4CCOCC4)nc4cccnc43)nc2c1. The van der Waals surface area contributed by atoms with Crippen molar-refractivity contribution in [3.63, 3.8) is 0 Å². The molecule has 5 rings (SSSR count). The first-order chi connectivity index (χ1) is 12.9. The number of H-pyrrole nitrogens is 1. The number of fused-ring (bicyclic) bond motifs is 2. The zero-order valence-electron chi connectivity index (χ0n) is 14.4. The molecule has 26 heavy (non-hydrogen) atoms. The van der Waals surface area contributed by atoms with Crippen LogP contribution in [0.3, 0.4) is 0 Å². The predicted molar refractivity (Wildman–Crippen MR) is 98.8 cm³/mol. The molecular weight excluding hydrogens is 328 g/mol. The number of pyridine rings is 1. The summed E-state index contributed by atoms with van der Waals surface area (Å²) in [5, 5.41) is 0. The van der Waals surface area contributed by atoms with E-state index >= 15 is 0 Å². The molecule has 0 atom stereocenters. The van der Waals surface area contributed by atoms with Crippen molar-refractivity contribution in [3.05, 3.63) is 54.2 Å². The second-order valence-corrected chi connectivity index (χ2v) is 6.55. The van der Waals surface area contributed by atoms with Gasteiger partial charge in [-0.05, 0) is 24.3 Å². The van der Waals surface area contributed by atoms with Crippen LogP contribution >= 0.6 is 0 Å². The number of imidazole rings is 2. The van der Waals surface area contributed by atoms with Crippen LogP contribution in [0.25, 0.3) is 22.2 Å². The largest absolute Gasteiger partial charge is 0.379 e. The molecule has 3 aromatic heterocycles. The third kappa shape index (κ3) is 2.85. The molecule has 0 radical (unpaired) electrons. The van der Waals surface area contributed by atoms with Gasteiger partial charge < -0.3 is 14.3 Å². The molecular formula is C19H20N6O. The fraction of sp³-hybridized carbons (Fsp3) is 0.316. The number of hydrogen-bond donors (Lipinski definition) is 1. The van der Waals surface area contributed by atoms with E-state index in [-0.39, 0.29) is 0 Å². The Hall–Kier alpha value is -2.77. The quantitative estimate of drug-likeness (QED) is 0.612. The molecule has 0 unspecified atom stereocenters. The van der Waals surface area contributed by atoms with Crippen molar-refractivity contribution in [2.24, 2.45) is 0 Å². The van der Waals surface area contributed by atoms with Gasteiger partial charge in [-0.1, -0.05) is 12.1 Å². The normalized spacial score (nSPS) is 15.8. The maximum absolute atomic E-state index is 5.46. The second kappa shape index (κ2) is 6.51. The van der Waals surface area contributed by atoms with Gasteiger partial charge in [0.25, 0.3) is 0 Å². The first-order valence-corrected chi connectivity index (χ1v) is 8.91.